The molecule has 0 bridgehead atoms. The Morgan fingerprint density at radius 3 is 2.78 bits per heavy atom. The summed E-state index contributed by atoms with van der Waals surface area (Å²) in [5.41, 5.74) is 0.527. The number of benzene rings is 1. The van der Waals surface area contributed by atoms with Gasteiger partial charge in [0.05, 0.1) is 7.11 Å². The van der Waals surface area contributed by atoms with E-state index < -0.39 is 6.61 Å². The van der Waals surface area contributed by atoms with Crippen molar-refractivity contribution < 1.29 is 22.8 Å². The largest absolute Gasteiger partial charge is 0.497 e. The third kappa shape index (κ3) is 6.72. The highest BCUT2D eigenvalue weighted by atomic mass is 19.3. The van der Waals surface area contributed by atoms with Gasteiger partial charge in [-0.1, -0.05) is 5.16 Å². The van der Waals surface area contributed by atoms with Gasteiger partial charge in [0.15, 0.2) is 11.8 Å². The molecule has 0 amide bonds. The van der Waals surface area contributed by atoms with Crippen LogP contribution < -0.4 is 20.1 Å². The van der Waals surface area contributed by atoms with Crippen LogP contribution >= 0.6 is 0 Å². The first kappa shape index (κ1) is 20.4. The average molecular weight is 383 g/mol. The molecule has 2 rings (SSSR count). The van der Waals surface area contributed by atoms with Gasteiger partial charge in [0, 0.05) is 32.1 Å². The van der Waals surface area contributed by atoms with Crippen LogP contribution in [0, 0.1) is 6.92 Å². The second-order valence-corrected chi connectivity index (χ2v) is 5.54. The molecule has 0 aliphatic heterocycles. The highest BCUT2D eigenvalue weighted by Gasteiger charge is 2.11. The number of methoxy groups -OCH3 is 1. The Bertz CT molecular complexity index is 752. The fourth-order valence-corrected chi connectivity index (χ4v) is 2.32. The molecule has 0 fully saturated rings. The smallest absolute Gasteiger partial charge is 0.387 e. The van der Waals surface area contributed by atoms with Crippen molar-refractivity contribution in [3.8, 4) is 11.5 Å². The van der Waals surface area contributed by atoms with E-state index in [0.717, 1.165) is 6.42 Å². The summed E-state index contributed by atoms with van der Waals surface area (Å²) in [5.74, 6) is 2.35. The molecule has 2 aromatic rings. The summed E-state index contributed by atoms with van der Waals surface area (Å²) in [6.45, 7) is -0.272. The zero-order valence-electron chi connectivity index (χ0n) is 15.5. The van der Waals surface area contributed by atoms with E-state index in [1.807, 2.05) is 0 Å². The number of guanidine groups is 1. The first-order valence-electron chi connectivity index (χ1n) is 8.37. The van der Waals surface area contributed by atoms with Gasteiger partial charge >= 0.3 is 6.61 Å². The summed E-state index contributed by atoms with van der Waals surface area (Å²) in [5, 5.41) is 9.93. The van der Waals surface area contributed by atoms with E-state index in [2.05, 4.69) is 30.5 Å². The Morgan fingerprint density at radius 1 is 1.33 bits per heavy atom. The maximum absolute atomic E-state index is 12.6. The van der Waals surface area contributed by atoms with Crippen molar-refractivity contribution in [3.63, 3.8) is 0 Å². The zero-order valence-corrected chi connectivity index (χ0v) is 15.5. The van der Waals surface area contributed by atoms with Crippen LogP contribution in [0.2, 0.25) is 0 Å². The molecule has 148 valence electrons. The Kier molecular flexibility index (Phi) is 7.78. The molecule has 2 N–H and O–H groups in total. The van der Waals surface area contributed by atoms with Crippen molar-refractivity contribution in [3.05, 3.63) is 35.5 Å². The predicted molar refractivity (Wildman–Crippen MR) is 95.2 cm³/mol. The maximum atomic E-state index is 12.6. The number of hydrogen-bond acceptors (Lipinski definition) is 6. The van der Waals surface area contributed by atoms with Crippen molar-refractivity contribution in [2.45, 2.75) is 32.9 Å². The first-order chi connectivity index (χ1) is 13.0. The molecule has 1 heterocycles. The van der Waals surface area contributed by atoms with Crippen LogP contribution in [0.3, 0.4) is 0 Å². The average Bonchev–Trinajstić information content (AvgIpc) is 3.07. The number of nitrogens with zero attached hydrogens (tertiary/aromatic N) is 3. The second kappa shape index (κ2) is 10.3. The van der Waals surface area contributed by atoms with E-state index in [1.165, 1.54) is 13.2 Å². The number of halogens is 2. The number of aliphatic imine (C=N–C) groups is 1. The highest BCUT2D eigenvalue weighted by Crippen LogP contribution is 2.25. The summed E-state index contributed by atoms with van der Waals surface area (Å²) >= 11 is 0. The molecule has 0 unspecified atom stereocenters. The highest BCUT2D eigenvalue weighted by molar-refractivity contribution is 5.79. The molecule has 0 aliphatic carbocycles. The molecule has 27 heavy (non-hydrogen) atoms. The number of aromatic nitrogens is 2. The minimum Gasteiger partial charge on any atom is -0.497 e. The minimum absolute atomic E-state index is 0.0838. The summed E-state index contributed by atoms with van der Waals surface area (Å²) in [6, 6.07) is 4.65. The molecule has 0 atom stereocenters. The monoisotopic (exact) mass is 383 g/mol. The fraction of sp³-hybridized carbons (Fsp3) is 0.471. The van der Waals surface area contributed by atoms with E-state index >= 15 is 0 Å². The van der Waals surface area contributed by atoms with Gasteiger partial charge in [-0.15, -0.1) is 0 Å². The van der Waals surface area contributed by atoms with E-state index in [-0.39, 0.29) is 12.3 Å². The Hall–Kier alpha value is -2.91. The van der Waals surface area contributed by atoms with Crippen LogP contribution in [0.25, 0.3) is 0 Å². The van der Waals surface area contributed by atoms with Gasteiger partial charge in [-0.2, -0.15) is 13.8 Å². The predicted octanol–water partition coefficient (Wildman–Crippen LogP) is 2.29. The Morgan fingerprint density at radius 2 is 2.15 bits per heavy atom. The van der Waals surface area contributed by atoms with Crippen LogP contribution in [-0.2, 0) is 13.0 Å². The number of hydrogen-bond donors (Lipinski definition) is 2. The molecule has 0 saturated carbocycles. The van der Waals surface area contributed by atoms with E-state index in [9.17, 15) is 8.78 Å². The SMILES string of the molecule is CN=C(NCCCc1nc(C)no1)NCc1cc(OC)ccc1OC(F)F. The van der Waals surface area contributed by atoms with E-state index in [0.29, 0.717) is 42.0 Å². The van der Waals surface area contributed by atoms with Gasteiger partial charge in [0.2, 0.25) is 5.89 Å². The van der Waals surface area contributed by atoms with Crippen LogP contribution in [0.4, 0.5) is 8.78 Å². The van der Waals surface area contributed by atoms with Crippen LogP contribution in [0.5, 0.6) is 11.5 Å². The van der Waals surface area contributed by atoms with Crippen LogP contribution in [0.15, 0.2) is 27.7 Å². The molecule has 1 aromatic carbocycles. The van der Waals surface area contributed by atoms with Gasteiger partial charge in [0.25, 0.3) is 0 Å². The summed E-state index contributed by atoms with van der Waals surface area (Å²) in [6.07, 6.45) is 1.41. The number of rotatable bonds is 9. The number of alkyl halides is 2. The quantitative estimate of drug-likeness (QED) is 0.390. The molecule has 10 heteroatoms. The molecule has 8 nitrogen and oxygen atoms in total. The van der Waals surface area contributed by atoms with Gasteiger partial charge in [-0.3, -0.25) is 4.99 Å². The minimum atomic E-state index is -2.90. The molecule has 0 saturated heterocycles. The fourth-order valence-electron chi connectivity index (χ4n) is 2.32. The van der Waals surface area contributed by atoms with Crippen molar-refractivity contribution in [2.24, 2.45) is 4.99 Å². The molecule has 0 spiro atoms. The lowest BCUT2D eigenvalue weighted by atomic mass is 10.2. The number of nitrogens with one attached hydrogen (secondary N) is 2. The van der Waals surface area contributed by atoms with Crippen LogP contribution in [0.1, 0.15) is 23.7 Å². The number of ether oxygens (including phenoxy) is 2. The molecule has 1 aromatic heterocycles. The maximum Gasteiger partial charge on any atom is 0.387 e. The molecular weight excluding hydrogens is 360 g/mol. The van der Waals surface area contributed by atoms with Crippen molar-refractivity contribution in [2.75, 3.05) is 20.7 Å². The topological polar surface area (TPSA) is 93.8 Å². The van der Waals surface area contributed by atoms with Gasteiger partial charge in [0.1, 0.15) is 11.5 Å². The van der Waals surface area contributed by atoms with Crippen molar-refractivity contribution in [1.82, 2.24) is 20.8 Å². The first-order valence-corrected chi connectivity index (χ1v) is 8.37. The lowest BCUT2D eigenvalue weighted by molar-refractivity contribution is -0.0504. The molecule has 0 radical (unpaired) electrons. The zero-order chi connectivity index (χ0) is 19.6. The second-order valence-electron chi connectivity index (χ2n) is 5.54. The Balaban J connectivity index is 1.85. The van der Waals surface area contributed by atoms with Gasteiger partial charge in [-0.05, 0) is 31.5 Å². The normalized spacial score (nSPS) is 11.6. The lowest BCUT2D eigenvalue weighted by Crippen LogP contribution is -2.37. The molecule has 0 aliphatic rings. The lowest BCUT2D eigenvalue weighted by Gasteiger charge is -2.15. The standard InChI is InChI=1S/C17H23F2N5O3/c1-11-23-15(27-24-11)5-4-8-21-17(20-2)22-10-12-9-13(25-3)6-7-14(12)26-16(18)19/h6-7,9,16H,4-5,8,10H2,1-3H3,(H2,20,21,22). The number of aryl methyl sites for hydroxylation is 2. The van der Waals surface area contributed by atoms with Crippen molar-refractivity contribution in [1.29, 1.82) is 0 Å². The van der Waals surface area contributed by atoms with E-state index in [1.54, 1.807) is 26.1 Å². The summed E-state index contributed by atoms with van der Waals surface area (Å²) in [4.78, 5) is 8.24. The van der Waals surface area contributed by atoms with Crippen molar-refractivity contribution >= 4 is 5.96 Å². The van der Waals surface area contributed by atoms with Crippen LogP contribution in [-0.4, -0.2) is 43.4 Å². The van der Waals surface area contributed by atoms with Gasteiger partial charge in [-0.25, -0.2) is 0 Å². The third-order valence-corrected chi connectivity index (χ3v) is 3.58. The summed E-state index contributed by atoms with van der Waals surface area (Å²) in [7, 11) is 3.13. The third-order valence-electron chi connectivity index (χ3n) is 3.58. The molecular formula is C17H23F2N5O3. The Labute approximate surface area is 156 Å². The summed E-state index contributed by atoms with van der Waals surface area (Å²) < 4.78 is 39.9. The van der Waals surface area contributed by atoms with E-state index in [4.69, 9.17) is 9.26 Å². The van der Waals surface area contributed by atoms with Gasteiger partial charge < -0.3 is 24.6 Å².